The average Bonchev–Trinajstić information content (AvgIpc) is 3.07. The fourth-order valence-electron chi connectivity index (χ4n) is 4.46. The van der Waals surface area contributed by atoms with Crippen LogP contribution in [0.4, 0.5) is 0 Å². The molecule has 2 aromatic heterocycles. The van der Waals surface area contributed by atoms with Crippen LogP contribution in [-0.2, 0) is 6.54 Å². The third kappa shape index (κ3) is 3.15. The summed E-state index contributed by atoms with van der Waals surface area (Å²) >= 11 is 0. The SMILES string of the molecule is COc1ccc([C@H]2c3c(oc4c(C)cc(C)cc4c3=O)C(=O)N2Cc2cccnc2)cc1. The number of hydrogen-bond acceptors (Lipinski definition) is 5. The Kier molecular flexibility index (Phi) is 4.78. The molecule has 160 valence electrons. The van der Waals surface area contributed by atoms with Gasteiger partial charge in [-0.2, -0.15) is 0 Å². The van der Waals surface area contributed by atoms with Crippen molar-refractivity contribution < 1.29 is 13.9 Å². The molecule has 0 bridgehead atoms. The van der Waals surface area contributed by atoms with Crippen LogP contribution in [0.2, 0.25) is 0 Å². The van der Waals surface area contributed by atoms with Crippen molar-refractivity contribution in [1.29, 1.82) is 0 Å². The third-order valence-electron chi connectivity index (χ3n) is 5.90. The van der Waals surface area contributed by atoms with Gasteiger partial charge in [-0.3, -0.25) is 14.6 Å². The molecule has 1 aliphatic heterocycles. The highest BCUT2D eigenvalue weighted by Gasteiger charge is 2.42. The van der Waals surface area contributed by atoms with Crippen molar-refractivity contribution in [1.82, 2.24) is 9.88 Å². The molecule has 0 N–H and O–H groups in total. The first-order valence-electron chi connectivity index (χ1n) is 10.4. The number of aromatic nitrogens is 1. The number of carbonyl (C=O) groups is 1. The first-order chi connectivity index (χ1) is 15.5. The molecule has 0 fully saturated rings. The van der Waals surface area contributed by atoms with Crippen LogP contribution in [0.15, 0.2) is 70.1 Å². The number of hydrogen-bond donors (Lipinski definition) is 0. The molecule has 3 heterocycles. The van der Waals surface area contributed by atoms with Gasteiger partial charge >= 0.3 is 0 Å². The Morgan fingerprint density at radius 3 is 2.56 bits per heavy atom. The predicted molar refractivity (Wildman–Crippen MR) is 121 cm³/mol. The number of nitrogens with zero attached hydrogens (tertiary/aromatic N) is 2. The van der Waals surface area contributed by atoms with E-state index < -0.39 is 6.04 Å². The lowest BCUT2D eigenvalue weighted by molar-refractivity contribution is 0.0714. The molecule has 0 radical (unpaired) electrons. The van der Waals surface area contributed by atoms with Crippen molar-refractivity contribution in [2.75, 3.05) is 7.11 Å². The lowest BCUT2D eigenvalue weighted by Crippen LogP contribution is -2.29. The van der Waals surface area contributed by atoms with E-state index in [4.69, 9.17) is 9.15 Å². The van der Waals surface area contributed by atoms with Crippen LogP contribution in [-0.4, -0.2) is 22.9 Å². The maximum absolute atomic E-state index is 13.7. The Hall–Kier alpha value is -3.93. The highest BCUT2D eigenvalue weighted by atomic mass is 16.5. The lowest BCUT2D eigenvalue weighted by atomic mass is 9.97. The Bertz CT molecular complexity index is 1390. The van der Waals surface area contributed by atoms with E-state index in [0.717, 1.165) is 22.3 Å². The van der Waals surface area contributed by atoms with E-state index >= 15 is 0 Å². The standard InChI is InChI=1S/C26H22N2O4/c1-15-11-16(2)24-20(12-15)23(29)21-22(18-6-8-19(31-3)9-7-18)28(26(30)25(21)32-24)14-17-5-4-10-27-13-17/h4-13,22H,14H2,1-3H3/t22-/m0/s1. The first kappa shape index (κ1) is 20.0. The van der Waals surface area contributed by atoms with Crippen LogP contribution in [0.1, 0.15) is 44.4 Å². The number of carbonyl (C=O) groups excluding carboxylic acids is 1. The second-order valence-electron chi connectivity index (χ2n) is 8.10. The molecule has 6 nitrogen and oxygen atoms in total. The average molecular weight is 426 g/mol. The van der Waals surface area contributed by atoms with Gasteiger partial charge in [0.25, 0.3) is 5.91 Å². The smallest absolute Gasteiger partial charge is 0.291 e. The molecule has 0 saturated heterocycles. The van der Waals surface area contributed by atoms with Crippen molar-refractivity contribution in [3.63, 3.8) is 0 Å². The summed E-state index contributed by atoms with van der Waals surface area (Å²) in [5.41, 5.74) is 4.16. The van der Waals surface area contributed by atoms with Gasteiger partial charge < -0.3 is 14.1 Å². The topological polar surface area (TPSA) is 72.6 Å². The van der Waals surface area contributed by atoms with Gasteiger partial charge in [-0.05, 0) is 60.4 Å². The molecule has 0 aliphatic carbocycles. The second-order valence-corrected chi connectivity index (χ2v) is 8.10. The van der Waals surface area contributed by atoms with E-state index in [9.17, 15) is 9.59 Å². The van der Waals surface area contributed by atoms with Gasteiger partial charge in [0.2, 0.25) is 5.76 Å². The Balaban J connectivity index is 1.74. The number of pyridine rings is 1. The van der Waals surface area contributed by atoms with Crippen LogP contribution < -0.4 is 10.2 Å². The monoisotopic (exact) mass is 426 g/mol. The number of rotatable bonds is 4. The highest BCUT2D eigenvalue weighted by molar-refractivity contribution is 5.99. The Morgan fingerprint density at radius 1 is 1.09 bits per heavy atom. The molecule has 5 rings (SSSR count). The zero-order chi connectivity index (χ0) is 22.4. The van der Waals surface area contributed by atoms with Gasteiger partial charge in [-0.15, -0.1) is 0 Å². The zero-order valence-corrected chi connectivity index (χ0v) is 18.1. The highest BCUT2D eigenvalue weighted by Crippen LogP contribution is 2.40. The van der Waals surface area contributed by atoms with Gasteiger partial charge in [0.1, 0.15) is 11.3 Å². The maximum Gasteiger partial charge on any atom is 0.291 e. The van der Waals surface area contributed by atoms with Gasteiger partial charge in [0.15, 0.2) is 5.43 Å². The molecule has 0 spiro atoms. The summed E-state index contributed by atoms with van der Waals surface area (Å²) in [5.74, 6) is 0.511. The van der Waals surface area contributed by atoms with Gasteiger partial charge in [-0.1, -0.05) is 24.3 Å². The summed E-state index contributed by atoms with van der Waals surface area (Å²) in [4.78, 5) is 33.1. The quantitative estimate of drug-likeness (QED) is 0.478. The van der Waals surface area contributed by atoms with Crippen LogP contribution in [0.25, 0.3) is 11.0 Å². The van der Waals surface area contributed by atoms with Crippen LogP contribution in [0.5, 0.6) is 5.75 Å². The Labute approximate surface area is 185 Å². The van der Waals surface area contributed by atoms with Gasteiger partial charge in [-0.25, -0.2) is 0 Å². The van der Waals surface area contributed by atoms with Crippen molar-refractivity contribution in [3.05, 3.63) is 105 Å². The summed E-state index contributed by atoms with van der Waals surface area (Å²) in [5, 5.41) is 0.496. The van der Waals surface area contributed by atoms with Crippen LogP contribution >= 0.6 is 0 Å². The molecule has 1 atom stereocenters. The summed E-state index contributed by atoms with van der Waals surface area (Å²) in [6.07, 6.45) is 3.41. The minimum atomic E-state index is -0.565. The molecular formula is C26H22N2O4. The summed E-state index contributed by atoms with van der Waals surface area (Å²) < 4.78 is 11.4. The van der Waals surface area contributed by atoms with Crippen molar-refractivity contribution >= 4 is 16.9 Å². The largest absolute Gasteiger partial charge is 0.497 e. The molecule has 2 aromatic carbocycles. The van der Waals surface area contributed by atoms with E-state index in [0.29, 0.717) is 28.8 Å². The zero-order valence-electron chi connectivity index (χ0n) is 18.1. The number of amides is 1. The number of aryl methyl sites for hydroxylation is 2. The third-order valence-corrected chi connectivity index (χ3v) is 5.90. The molecule has 6 heteroatoms. The summed E-state index contributed by atoms with van der Waals surface area (Å²) in [6, 6.07) is 14.4. The number of ether oxygens (including phenoxy) is 1. The van der Waals surface area contributed by atoms with E-state index in [1.807, 2.05) is 62.4 Å². The van der Waals surface area contributed by atoms with Gasteiger partial charge in [0.05, 0.1) is 24.1 Å². The molecule has 0 unspecified atom stereocenters. The minimum Gasteiger partial charge on any atom is -0.497 e. The van der Waals surface area contributed by atoms with E-state index in [2.05, 4.69) is 4.98 Å². The van der Waals surface area contributed by atoms with Crippen molar-refractivity contribution in [2.24, 2.45) is 0 Å². The number of methoxy groups -OCH3 is 1. The van der Waals surface area contributed by atoms with Crippen LogP contribution in [0, 0.1) is 13.8 Å². The van der Waals surface area contributed by atoms with Crippen molar-refractivity contribution in [3.8, 4) is 5.75 Å². The fourth-order valence-corrected chi connectivity index (χ4v) is 4.46. The lowest BCUT2D eigenvalue weighted by Gasteiger charge is -2.25. The summed E-state index contributed by atoms with van der Waals surface area (Å²) in [6.45, 7) is 4.14. The molecular weight excluding hydrogens is 404 g/mol. The van der Waals surface area contributed by atoms with E-state index in [1.165, 1.54) is 0 Å². The maximum atomic E-state index is 13.7. The normalized spacial score (nSPS) is 15.3. The van der Waals surface area contributed by atoms with Crippen LogP contribution in [0.3, 0.4) is 0 Å². The number of fused-ring (bicyclic) bond motifs is 2. The number of benzene rings is 2. The molecule has 4 aromatic rings. The second kappa shape index (κ2) is 7.64. The summed E-state index contributed by atoms with van der Waals surface area (Å²) in [7, 11) is 1.60. The minimum absolute atomic E-state index is 0.110. The van der Waals surface area contributed by atoms with Gasteiger partial charge in [0, 0.05) is 18.9 Å². The van der Waals surface area contributed by atoms with E-state index in [1.54, 1.807) is 24.4 Å². The molecule has 1 amide bonds. The van der Waals surface area contributed by atoms with Crippen molar-refractivity contribution in [2.45, 2.75) is 26.4 Å². The molecule has 32 heavy (non-hydrogen) atoms. The first-order valence-corrected chi connectivity index (χ1v) is 10.4. The van der Waals surface area contributed by atoms with E-state index in [-0.39, 0.29) is 17.1 Å². The Morgan fingerprint density at radius 2 is 1.88 bits per heavy atom. The molecule has 0 saturated carbocycles. The predicted octanol–water partition coefficient (Wildman–Crippen LogP) is 4.56. The molecule has 1 aliphatic rings. The fraction of sp³-hybridized carbons (Fsp3) is 0.192.